The lowest BCUT2D eigenvalue weighted by atomic mass is 9.68. The molecule has 1 aromatic heterocycles. The Bertz CT molecular complexity index is 311. The van der Waals surface area contributed by atoms with E-state index in [0.717, 1.165) is 19.3 Å². The summed E-state index contributed by atoms with van der Waals surface area (Å²) in [5, 5.41) is 6.25. The molecular weight excluding hydrogens is 182 g/mol. The Morgan fingerprint density at radius 2 is 2.50 bits per heavy atom. The number of rotatable bonds is 3. The van der Waals surface area contributed by atoms with Crippen molar-refractivity contribution in [3.63, 3.8) is 0 Å². The van der Waals surface area contributed by atoms with Crippen LogP contribution >= 0.6 is 0 Å². The van der Waals surface area contributed by atoms with Crippen molar-refractivity contribution in [3.8, 4) is 0 Å². The van der Waals surface area contributed by atoms with Crippen LogP contribution in [-0.4, -0.2) is 17.6 Å². The van der Waals surface area contributed by atoms with Crippen molar-refractivity contribution in [2.75, 3.05) is 11.9 Å². The highest BCUT2D eigenvalue weighted by atomic mass is 16.5. The molecule has 1 saturated carbocycles. The van der Waals surface area contributed by atoms with Gasteiger partial charge < -0.3 is 15.6 Å². The Kier molecular flexibility index (Phi) is 2.25. The van der Waals surface area contributed by atoms with Crippen molar-refractivity contribution in [1.82, 2.24) is 5.16 Å². The molecule has 1 heterocycles. The van der Waals surface area contributed by atoms with Gasteiger partial charge in [0.2, 0.25) is 5.91 Å². The molecule has 0 aromatic carbocycles. The van der Waals surface area contributed by atoms with Gasteiger partial charge in [0.15, 0.2) is 0 Å². The van der Waals surface area contributed by atoms with Gasteiger partial charge >= 0.3 is 0 Å². The van der Waals surface area contributed by atoms with Crippen LogP contribution < -0.4 is 11.1 Å². The highest BCUT2D eigenvalue weighted by molar-refractivity contribution is 5.95. The standard InChI is InChI=1S/C9H13N3O2/c10-6-9(2-1-3-9)8(13)12-7-4-11-14-5-7/h4-5H,1-3,6,10H2,(H,12,13). The number of aromatic nitrogens is 1. The van der Waals surface area contributed by atoms with Crippen molar-refractivity contribution >= 4 is 11.6 Å². The minimum atomic E-state index is -0.350. The van der Waals surface area contributed by atoms with Crippen LogP contribution in [0.3, 0.4) is 0 Å². The average molecular weight is 195 g/mol. The predicted molar refractivity (Wildman–Crippen MR) is 50.5 cm³/mol. The van der Waals surface area contributed by atoms with Gasteiger partial charge in [-0.05, 0) is 12.8 Å². The lowest BCUT2D eigenvalue weighted by Gasteiger charge is -2.38. The molecule has 0 atom stereocenters. The fraction of sp³-hybridized carbons (Fsp3) is 0.556. The molecule has 0 saturated heterocycles. The summed E-state index contributed by atoms with van der Waals surface area (Å²) in [6.07, 6.45) is 5.71. The molecule has 0 aliphatic heterocycles. The molecule has 0 radical (unpaired) electrons. The van der Waals surface area contributed by atoms with E-state index >= 15 is 0 Å². The van der Waals surface area contributed by atoms with Gasteiger partial charge in [-0.1, -0.05) is 11.6 Å². The monoisotopic (exact) mass is 195 g/mol. The molecule has 2 rings (SSSR count). The van der Waals surface area contributed by atoms with Crippen LogP contribution in [0, 0.1) is 5.41 Å². The zero-order chi connectivity index (χ0) is 10.0. The third kappa shape index (κ3) is 1.39. The van der Waals surface area contributed by atoms with Gasteiger partial charge in [-0.25, -0.2) is 0 Å². The van der Waals surface area contributed by atoms with Crippen LogP contribution in [0.15, 0.2) is 17.0 Å². The van der Waals surface area contributed by atoms with Gasteiger partial charge in [0.05, 0.1) is 11.6 Å². The zero-order valence-electron chi connectivity index (χ0n) is 7.82. The quantitative estimate of drug-likeness (QED) is 0.745. The molecule has 1 aliphatic rings. The number of nitrogens with two attached hydrogens (primary N) is 1. The van der Waals surface area contributed by atoms with Crippen LogP contribution in [0.2, 0.25) is 0 Å². The lowest BCUT2D eigenvalue weighted by molar-refractivity contribution is -0.129. The normalized spacial score (nSPS) is 18.6. The van der Waals surface area contributed by atoms with Crippen molar-refractivity contribution in [2.24, 2.45) is 11.1 Å². The van der Waals surface area contributed by atoms with E-state index in [4.69, 9.17) is 5.73 Å². The fourth-order valence-corrected chi connectivity index (χ4v) is 1.66. The zero-order valence-corrected chi connectivity index (χ0v) is 7.82. The summed E-state index contributed by atoms with van der Waals surface area (Å²) in [5.74, 6) is -0.0190. The predicted octanol–water partition coefficient (Wildman–Crippen LogP) is 0.742. The molecule has 0 bridgehead atoms. The molecule has 5 heteroatoms. The van der Waals surface area contributed by atoms with E-state index in [9.17, 15) is 4.79 Å². The summed E-state index contributed by atoms with van der Waals surface area (Å²) in [5.41, 5.74) is 5.84. The minimum absolute atomic E-state index is 0.0190. The molecule has 76 valence electrons. The van der Waals surface area contributed by atoms with Gasteiger partial charge in [0.25, 0.3) is 0 Å². The maximum absolute atomic E-state index is 11.8. The Balaban J connectivity index is 2.01. The van der Waals surface area contributed by atoms with Crippen LogP contribution in [0.5, 0.6) is 0 Å². The van der Waals surface area contributed by atoms with E-state index in [2.05, 4.69) is 15.0 Å². The van der Waals surface area contributed by atoms with Crippen molar-refractivity contribution in [3.05, 3.63) is 12.5 Å². The number of nitrogens with zero attached hydrogens (tertiary/aromatic N) is 1. The SMILES string of the molecule is NCC1(C(=O)Nc2cnoc2)CCC1. The number of hydrogen-bond acceptors (Lipinski definition) is 4. The molecule has 3 N–H and O–H groups in total. The van der Waals surface area contributed by atoms with Gasteiger partial charge in [-0.3, -0.25) is 4.79 Å². The van der Waals surface area contributed by atoms with E-state index < -0.39 is 0 Å². The van der Waals surface area contributed by atoms with Crippen LogP contribution in [0.4, 0.5) is 5.69 Å². The van der Waals surface area contributed by atoms with Crippen molar-refractivity contribution in [2.45, 2.75) is 19.3 Å². The molecule has 1 amide bonds. The third-order valence-electron chi connectivity index (χ3n) is 2.87. The third-order valence-corrected chi connectivity index (χ3v) is 2.87. The van der Waals surface area contributed by atoms with Crippen LogP contribution in [0.25, 0.3) is 0 Å². The Morgan fingerprint density at radius 3 is 2.93 bits per heavy atom. The number of amides is 1. The molecular formula is C9H13N3O2. The summed E-state index contributed by atoms with van der Waals surface area (Å²) in [6, 6.07) is 0. The first-order chi connectivity index (χ1) is 6.77. The Morgan fingerprint density at radius 1 is 1.71 bits per heavy atom. The van der Waals surface area contributed by atoms with Gasteiger partial charge in [0, 0.05) is 6.54 Å². The summed E-state index contributed by atoms with van der Waals surface area (Å²) >= 11 is 0. The largest absolute Gasteiger partial charge is 0.363 e. The number of nitrogens with one attached hydrogen (secondary N) is 1. The van der Waals surface area contributed by atoms with E-state index in [1.54, 1.807) is 0 Å². The summed E-state index contributed by atoms with van der Waals surface area (Å²) < 4.78 is 4.62. The van der Waals surface area contributed by atoms with Crippen molar-refractivity contribution < 1.29 is 9.32 Å². The smallest absolute Gasteiger partial charge is 0.231 e. The van der Waals surface area contributed by atoms with E-state index in [1.807, 2.05) is 0 Å². The Labute approximate surface area is 81.6 Å². The van der Waals surface area contributed by atoms with Crippen LogP contribution in [-0.2, 0) is 4.79 Å². The van der Waals surface area contributed by atoms with E-state index in [-0.39, 0.29) is 11.3 Å². The van der Waals surface area contributed by atoms with Gasteiger partial charge in [-0.15, -0.1) is 0 Å². The summed E-state index contributed by atoms with van der Waals surface area (Å²) in [7, 11) is 0. The van der Waals surface area contributed by atoms with Gasteiger partial charge in [0.1, 0.15) is 12.0 Å². The minimum Gasteiger partial charge on any atom is -0.363 e. The lowest BCUT2D eigenvalue weighted by Crippen LogP contribution is -2.47. The second kappa shape index (κ2) is 3.42. The molecule has 5 nitrogen and oxygen atoms in total. The Hall–Kier alpha value is -1.36. The highest BCUT2D eigenvalue weighted by Crippen LogP contribution is 2.40. The number of anilines is 1. The number of carbonyl (C=O) groups excluding carboxylic acids is 1. The molecule has 14 heavy (non-hydrogen) atoms. The molecule has 1 aliphatic carbocycles. The molecule has 0 spiro atoms. The van der Waals surface area contributed by atoms with Crippen molar-refractivity contribution in [1.29, 1.82) is 0 Å². The first kappa shape index (κ1) is 9.21. The first-order valence-corrected chi connectivity index (χ1v) is 4.68. The number of carbonyl (C=O) groups is 1. The van der Waals surface area contributed by atoms with Crippen LogP contribution in [0.1, 0.15) is 19.3 Å². The maximum Gasteiger partial charge on any atom is 0.231 e. The highest BCUT2D eigenvalue weighted by Gasteiger charge is 2.42. The summed E-state index contributed by atoms with van der Waals surface area (Å²) in [6.45, 7) is 0.407. The van der Waals surface area contributed by atoms with E-state index in [0.29, 0.717) is 12.2 Å². The molecule has 1 aromatic rings. The maximum atomic E-state index is 11.8. The summed E-state index contributed by atoms with van der Waals surface area (Å²) in [4.78, 5) is 11.8. The molecule has 0 unspecified atom stereocenters. The average Bonchev–Trinajstić information content (AvgIpc) is 2.55. The topological polar surface area (TPSA) is 81.2 Å². The van der Waals surface area contributed by atoms with E-state index in [1.165, 1.54) is 12.5 Å². The second-order valence-corrected chi connectivity index (χ2v) is 3.71. The molecule has 1 fully saturated rings. The number of hydrogen-bond donors (Lipinski definition) is 2. The van der Waals surface area contributed by atoms with Gasteiger partial charge in [-0.2, -0.15) is 0 Å². The second-order valence-electron chi connectivity index (χ2n) is 3.71. The fourth-order valence-electron chi connectivity index (χ4n) is 1.66. The first-order valence-electron chi connectivity index (χ1n) is 4.68.